The van der Waals surface area contributed by atoms with Crippen LogP contribution in [0.2, 0.25) is 0 Å². The number of terminal acetylenes is 1. The number of benzene rings is 6. The van der Waals surface area contributed by atoms with Crippen LogP contribution in [0.3, 0.4) is 0 Å². The lowest BCUT2D eigenvalue weighted by atomic mass is 9.98. The van der Waals surface area contributed by atoms with Gasteiger partial charge in [0.05, 0.1) is 22.4 Å². The lowest BCUT2D eigenvalue weighted by Gasteiger charge is -2.12. The molecule has 51 heavy (non-hydrogen) atoms. The lowest BCUT2D eigenvalue weighted by molar-refractivity contribution is 0.996. The molecule has 0 spiro atoms. The molecular weight excluding hydrogens is 619 g/mol. The zero-order chi connectivity index (χ0) is 34.7. The molecule has 8 aromatic rings. The van der Waals surface area contributed by atoms with Gasteiger partial charge in [-0.15, -0.1) is 6.42 Å². The van der Waals surface area contributed by atoms with Crippen LogP contribution in [0, 0.1) is 12.3 Å². The van der Waals surface area contributed by atoms with Crippen LogP contribution >= 0.6 is 0 Å². The Morgan fingerprint density at radius 3 is 2.14 bits per heavy atom. The molecule has 0 N–H and O–H groups in total. The number of nitrogens with zero attached hydrogens (tertiary/aromatic N) is 3. The molecule has 0 saturated heterocycles. The molecule has 0 radical (unpaired) electrons. The van der Waals surface area contributed by atoms with Gasteiger partial charge in [0, 0.05) is 27.5 Å². The molecule has 0 bridgehead atoms. The maximum atomic E-state index is 5.84. The van der Waals surface area contributed by atoms with Gasteiger partial charge in [0.1, 0.15) is 0 Å². The highest BCUT2D eigenvalue weighted by molar-refractivity contribution is 6.21. The Morgan fingerprint density at radius 2 is 1.43 bits per heavy atom. The van der Waals surface area contributed by atoms with E-state index in [4.69, 9.17) is 16.4 Å². The number of rotatable bonds is 8. The van der Waals surface area contributed by atoms with Crippen molar-refractivity contribution in [3.63, 3.8) is 0 Å². The SMILES string of the molecule is C#Cc1ccc(C(=C)/C=C\C)cc1/C=C\Cc1ccc2c(ccc3c2c2ccccc2n3-c2nc(-c3ccccc3)cc(-c3ccccc3)n2)c1. The van der Waals surface area contributed by atoms with E-state index < -0.39 is 0 Å². The number of hydrogen-bond donors (Lipinski definition) is 0. The fourth-order valence-electron chi connectivity index (χ4n) is 6.89. The van der Waals surface area contributed by atoms with Crippen molar-refractivity contribution in [3.05, 3.63) is 187 Å². The van der Waals surface area contributed by atoms with E-state index in [1.165, 1.54) is 27.1 Å². The summed E-state index contributed by atoms with van der Waals surface area (Å²) < 4.78 is 2.21. The second kappa shape index (κ2) is 13.6. The first kappa shape index (κ1) is 31.5. The maximum Gasteiger partial charge on any atom is 0.235 e. The van der Waals surface area contributed by atoms with Gasteiger partial charge >= 0.3 is 0 Å². The molecule has 0 aliphatic rings. The normalized spacial score (nSPS) is 11.6. The topological polar surface area (TPSA) is 30.7 Å². The lowest BCUT2D eigenvalue weighted by Crippen LogP contribution is -2.04. The van der Waals surface area contributed by atoms with Crippen LogP contribution in [0.25, 0.3) is 72.7 Å². The van der Waals surface area contributed by atoms with Gasteiger partial charge in [0.15, 0.2) is 0 Å². The van der Waals surface area contributed by atoms with Crippen molar-refractivity contribution >= 4 is 44.2 Å². The van der Waals surface area contributed by atoms with Crippen LogP contribution < -0.4 is 0 Å². The molecule has 3 heteroatoms. The van der Waals surface area contributed by atoms with Gasteiger partial charge < -0.3 is 0 Å². The zero-order valence-corrected chi connectivity index (χ0v) is 28.4. The number of aromatic nitrogens is 3. The first-order valence-corrected chi connectivity index (χ1v) is 17.2. The van der Waals surface area contributed by atoms with E-state index in [0.29, 0.717) is 5.95 Å². The summed E-state index contributed by atoms with van der Waals surface area (Å²) in [5.41, 5.74) is 11.1. The second-order valence-corrected chi connectivity index (χ2v) is 12.6. The summed E-state index contributed by atoms with van der Waals surface area (Å²) in [6.45, 7) is 6.18. The molecule has 0 unspecified atom stereocenters. The zero-order valence-electron chi connectivity index (χ0n) is 28.4. The molecule has 2 aromatic heterocycles. The summed E-state index contributed by atoms with van der Waals surface area (Å²) in [6, 6.07) is 48.6. The van der Waals surface area contributed by atoms with Crippen LogP contribution in [-0.4, -0.2) is 14.5 Å². The van der Waals surface area contributed by atoms with E-state index in [-0.39, 0.29) is 0 Å². The fraction of sp³-hybridized carbons (Fsp3) is 0.0417. The molecule has 6 aromatic carbocycles. The van der Waals surface area contributed by atoms with Crippen molar-refractivity contribution in [2.75, 3.05) is 0 Å². The third-order valence-corrected chi connectivity index (χ3v) is 9.37. The molecule has 0 saturated carbocycles. The van der Waals surface area contributed by atoms with Gasteiger partial charge in [0.25, 0.3) is 0 Å². The number of fused-ring (bicyclic) bond motifs is 5. The Balaban J connectivity index is 1.22. The standard InChI is InChI=1S/C48H35N3/c1-4-15-33(3)38-26-25-35(5-2)39(31-38)21-14-16-34-24-28-41-40(30-34)27-29-46-47(41)42-22-12-13-23-45(42)51(46)48-49-43(36-17-8-6-9-18-36)32-44(50-48)37-19-10-7-11-20-37/h2,4,6-15,17-32H,3,16H2,1H3/b15-4-,21-14-. The van der Waals surface area contributed by atoms with Gasteiger partial charge in [-0.3, -0.25) is 4.57 Å². The Kier molecular flexibility index (Phi) is 8.42. The molecule has 0 atom stereocenters. The molecule has 2 heterocycles. The number of allylic oxidation sites excluding steroid dienone is 4. The van der Waals surface area contributed by atoms with E-state index >= 15 is 0 Å². The van der Waals surface area contributed by atoms with E-state index in [9.17, 15) is 0 Å². The molecular formula is C48H35N3. The van der Waals surface area contributed by atoms with Gasteiger partial charge in [-0.25, -0.2) is 9.97 Å². The summed E-state index contributed by atoms with van der Waals surface area (Å²) in [6.07, 6.45) is 14.9. The highest BCUT2D eigenvalue weighted by atomic mass is 15.2. The highest BCUT2D eigenvalue weighted by Gasteiger charge is 2.18. The Hall–Kier alpha value is -6.76. The molecule has 8 rings (SSSR count). The predicted octanol–water partition coefficient (Wildman–Crippen LogP) is 11.9. The average molecular weight is 654 g/mol. The van der Waals surface area contributed by atoms with E-state index in [1.54, 1.807) is 0 Å². The average Bonchev–Trinajstić information content (AvgIpc) is 3.53. The predicted molar refractivity (Wildman–Crippen MR) is 216 cm³/mol. The quantitative estimate of drug-likeness (QED) is 0.121. The van der Waals surface area contributed by atoms with E-state index in [2.05, 4.69) is 120 Å². The molecule has 0 fully saturated rings. The van der Waals surface area contributed by atoms with Gasteiger partial charge in [-0.2, -0.15) is 0 Å². The summed E-state index contributed by atoms with van der Waals surface area (Å²) in [5.74, 6) is 3.47. The Labute approximate surface area is 298 Å². The molecule has 0 aliphatic heterocycles. The summed E-state index contributed by atoms with van der Waals surface area (Å²) in [4.78, 5) is 10.4. The van der Waals surface area contributed by atoms with Crippen LogP contribution in [0.15, 0.2) is 164 Å². The molecule has 0 aliphatic carbocycles. The van der Waals surface area contributed by atoms with Crippen molar-refractivity contribution in [3.8, 4) is 40.8 Å². The smallest absolute Gasteiger partial charge is 0.235 e. The minimum absolute atomic E-state index is 0.646. The van der Waals surface area contributed by atoms with E-state index in [1.807, 2.05) is 67.6 Å². The van der Waals surface area contributed by atoms with Crippen molar-refractivity contribution < 1.29 is 0 Å². The third kappa shape index (κ3) is 6.05. The second-order valence-electron chi connectivity index (χ2n) is 12.6. The largest absolute Gasteiger partial charge is 0.278 e. The number of para-hydroxylation sites is 1. The maximum absolute atomic E-state index is 5.84. The van der Waals surface area contributed by atoms with E-state index in [0.717, 1.165) is 62.2 Å². The van der Waals surface area contributed by atoms with Crippen LogP contribution in [0.5, 0.6) is 0 Å². The van der Waals surface area contributed by atoms with Crippen LogP contribution in [0.4, 0.5) is 0 Å². The van der Waals surface area contributed by atoms with Crippen LogP contribution in [0.1, 0.15) is 29.2 Å². The minimum Gasteiger partial charge on any atom is -0.278 e. The minimum atomic E-state index is 0.646. The highest BCUT2D eigenvalue weighted by Crippen LogP contribution is 2.37. The van der Waals surface area contributed by atoms with Gasteiger partial charge in [-0.1, -0.05) is 146 Å². The molecule has 242 valence electrons. The Morgan fingerprint density at radius 1 is 0.725 bits per heavy atom. The fourth-order valence-corrected chi connectivity index (χ4v) is 6.89. The Bertz CT molecular complexity index is 2630. The third-order valence-electron chi connectivity index (χ3n) is 9.37. The van der Waals surface area contributed by atoms with Gasteiger partial charge in [0.2, 0.25) is 5.95 Å². The first-order valence-electron chi connectivity index (χ1n) is 17.2. The van der Waals surface area contributed by atoms with Crippen molar-refractivity contribution in [2.24, 2.45) is 0 Å². The van der Waals surface area contributed by atoms with Crippen LogP contribution in [-0.2, 0) is 6.42 Å². The van der Waals surface area contributed by atoms with Crippen molar-refractivity contribution in [1.82, 2.24) is 14.5 Å². The molecule has 3 nitrogen and oxygen atoms in total. The molecule has 0 amide bonds. The monoisotopic (exact) mass is 653 g/mol. The summed E-state index contributed by atoms with van der Waals surface area (Å²) >= 11 is 0. The van der Waals surface area contributed by atoms with Gasteiger partial charge in [-0.05, 0) is 76.7 Å². The van der Waals surface area contributed by atoms with Crippen molar-refractivity contribution in [2.45, 2.75) is 13.3 Å². The number of hydrogen-bond acceptors (Lipinski definition) is 2. The summed E-state index contributed by atoms with van der Waals surface area (Å²) in [7, 11) is 0. The first-order chi connectivity index (χ1) is 25.1. The van der Waals surface area contributed by atoms with Crippen molar-refractivity contribution in [1.29, 1.82) is 0 Å². The summed E-state index contributed by atoms with van der Waals surface area (Å²) in [5, 5.41) is 4.75.